The third kappa shape index (κ3) is 2.92. The van der Waals surface area contributed by atoms with Gasteiger partial charge in [0.25, 0.3) is 5.91 Å². The average molecular weight is 348 g/mol. The number of nitrogens with one attached hydrogen (secondary N) is 1. The van der Waals surface area contributed by atoms with Crippen LogP contribution in [0.25, 0.3) is 5.82 Å². The molecule has 5 nitrogen and oxygen atoms in total. The molecule has 24 heavy (non-hydrogen) atoms. The number of carbonyl (C=O) groups excluding carboxylic acids is 1. The van der Waals surface area contributed by atoms with Gasteiger partial charge in [-0.25, -0.2) is 4.39 Å². The van der Waals surface area contributed by atoms with Crippen LogP contribution in [0.3, 0.4) is 0 Å². The molecule has 7 heteroatoms. The molecule has 1 amide bonds. The van der Waals surface area contributed by atoms with Crippen LogP contribution in [-0.2, 0) is 0 Å². The van der Waals surface area contributed by atoms with E-state index in [2.05, 4.69) is 10.5 Å². The number of hydrogen-bond acceptors (Lipinski definition) is 3. The van der Waals surface area contributed by atoms with Crippen LogP contribution < -0.4 is 5.32 Å². The average Bonchev–Trinajstić information content (AvgIpc) is 3.06. The van der Waals surface area contributed by atoms with Gasteiger partial charge in [0.15, 0.2) is 5.82 Å². The Morgan fingerprint density at radius 2 is 2.00 bits per heavy atom. The number of hydrogen-bond donors (Lipinski definition) is 1. The number of halogens is 2. The first kappa shape index (κ1) is 16.3. The maximum atomic E-state index is 13.5. The quantitative estimate of drug-likeness (QED) is 0.762. The molecule has 0 atom stereocenters. The molecule has 0 aliphatic rings. The highest BCUT2D eigenvalue weighted by Gasteiger charge is 2.18. The van der Waals surface area contributed by atoms with E-state index in [-0.39, 0.29) is 10.9 Å². The molecule has 2 aromatic heterocycles. The van der Waals surface area contributed by atoms with Crippen LogP contribution in [0.4, 0.5) is 10.1 Å². The number of aryl methyl sites for hydroxylation is 2. The van der Waals surface area contributed by atoms with E-state index in [1.165, 1.54) is 12.1 Å². The Labute approximate surface area is 143 Å². The lowest BCUT2D eigenvalue weighted by molar-refractivity contribution is 0.102. The lowest BCUT2D eigenvalue weighted by Crippen LogP contribution is -2.13. The summed E-state index contributed by atoms with van der Waals surface area (Å²) in [7, 11) is 0. The SMILES string of the molecule is Cc1cc(-n2c(C)cc(C(=O)Nc3ccc(Cl)c(F)c3)c2C)no1. The van der Waals surface area contributed by atoms with E-state index in [4.69, 9.17) is 16.1 Å². The number of aromatic nitrogens is 2. The zero-order valence-electron chi connectivity index (χ0n) is 13.4. The second-order valence-corrected chi connectivity index (χ2v) is 5.91. The summed E-state index contributed by atoms with van der Waals surface area (Å²) in [5.41, 5.74) is 2.37. The van der Waals surface area contributed by atoms with Crippen molar-refractivity contribution in [3.63, 3.8) is 0 Å². The molecule has 2 heterocycles. The molecular formula is C17H15ClFN3O2. The van der Waals surface area contributed by atoms with E-state index in [1.54, 1.807) is 25.1 Å². The van der Waals surface area contributed by atoms with Crippen molar-refractivity contribution in [1.29, 1.82) is 0 Å². The number of anilines is 1. The van der Waals surface area contributed by atoms with Crippen LogP contribution >= 0.6 is 11.6 Å². The third-order valence-corrected chi connectivity index (χ3v) is 4.00. The van der Waals surface area contributed by atoms with Gasteiger partial charge in [-0.1, -0.05) is 16.8 Å². The second-order valence-electron chi connectivity index (χ2n) is 5.50. The van der Waals surface area contributed by atoms with E-state index >= 15 is 0 Å². The molecule has 3 aromatic rings. The Morgan fingerprint density at radius 1 is 1.25 bits per heavy atom. The minimum atomic E-state index is -0.585. The van der Waals surface area contributed by atoms with Gasteiger partial charge >= 0.3 is 0 Å². The fourth-order valence-corrected chi connectivity index (χ4v) is 2.69. The Hall–Kier alpha value is -2.60. The molecule has 0 radical (unpaired) electrons. The molecule has 0 saturated carbocycles. The minimum absolute atomic E-state index is 0.00702. The maximum absolute atomic E-state index is 13.5. The summed E-state index contributed by atoms with van der Waals surface area (Å²) in [5, 5.41) is 6.65. The number of rotatable bonds is 3. The lowest BCUT2D eigenvalue weighted by atomic mass is 10.2. The maximum Gasteiger partial charge on any atom is 0.257 e. The molecular weight excluding hydrogens is 333 g/mol. The molecule has 0 unspecified atom stereocenters. The van der Waals surface area contributed by atoms with Crippen molar-refractivity contribution in [1.82, 2.24) is 9.72 Å². The van der Waals surface area contributed by atoms with Crippen molar-refractivity contribution < 1.29 is 13.7 Å². The standard InChI is InChI=1S/C17H15ClFN3O2/c1-9-6-13(11(3)22(9)16-7-10(2)24-21-16)17(23)20-12-4-5-14(18)15(19)8-12/h4-8H,1-3H3,(H,20,23). The van der Waals surface area contributed by atoms with Gasteiger partial charge < -0.3 is 9.84 Å². The molecule has 0 aliphatic carbocycles. The summed E-state index contributed by atoms with van der Waals surface area (Å²) in [6.45, 7) is 5.48. The molecule has 0 aliphatic heterocycles. The summed E-state index contributed by atoms with van der Waals surface area (Å²) < 4.78 is 20.4. The van der Waals surface area contributed by atoms with Crippen molar-refractivity contribution in [3.8, 4) is 5.82 Å². The zero-order valence-corrected chi connectivity index (χ0v) is 14.1. The fraction of sp³-hybridized carbons (Fsp3) is 0.176. The second kappa shape index (κ2) is 6.13. The molecule has 0 bridgehead atoms. The molecule has 1 N–H and O–H groups in total. The highest BCUT2D eigenvalue weighted by molar-refractivity contribution is 6.30. The van der Waals surface area contributed by atoms with Crippen LogP contribution in [0.1, 0.15) is 27.5 Å². The first-order valence-corrected chi connectivity index (χ1v) is 7.63. The van der Waals surface area contributed by atoms with E-state index in [1.807, 2.05) is 18.4 Å². The van der Waals surface area contributed by atoms with Gasteiger partial charge in [-0.3, -0.25) is 9.36 Å². The number of benzene rings is 1. The van der Waals surface area contributed by atoms with Crippen LogP contribution in [-0.4, -0.2) is 15.6 Å². The van der Waals surface area contributed by atoms with Gasteiger partial charge in [0.05, 0.1) is 10.6 Å². The Bertz CT molecular complexity index is 930. The summed E-state index contributed by atoms with van der Waals surface area (Å²) in [4.78, 5) is 12.5. The van der Waals surface area contributed by atoms with E-state index in [0.717, 1.165) is 5.69 Å². The highest BCUT2D eigenvalue weighted by atomic mass is 35.5. The van der Waals surface area contributed by atoms with E-state index < -0.39 is 5.82 Å². The largest absolute Gasteiger partial charge is 0.360 e. The van der Waals surface area contributed by atoms with Crippen molar-refractivity contribution in [3.05, 3.63) is 63.9 Å². The molecule has 0 spiro atoms. The fourth-order valence-electron chi connectivity index (χ4n) is 2.58. The van der Waals surface area contributed by atoms with Crippen LogP contribution in [0.15, 0.2) is 34.9 Å². The monoisotopic (exact) mass is 347 g/mol. The number of amides is 1. The van der Waals surface area contributed by atoms with E-state index in [0.29, 0.717) is 28.5 Å². The number of carbonyl (C=O) groups is 1. The Balaban J connectivity index is 1.92. The number of nitrogens with zero attached hydrogens (tertiary/aromatic N) is 2. The van der Waals surface area contributed by atoms with Crippen molar-refractivity contribution in [2.75, 3.05) is 5.32 Å². The summed E-state index contributed by atoms with van der Waals surface area (Å²) >= 11 is 5.65. The van der Waals surface area contributed by atoms with Crippen molar-refractivity contribution >= 4 is 23.2 Å². The summed E-state index contributed by atoms with van der Waals surface area (Å²) in [5.74, 6) is 0.369. The molecule has 0 saturated heterocycles. The van der Waals surface area contributed by atoms with Crippen LogP contribution in [0, 0.1) is 26.6 Å². The van der Waals surface area contributed by atoms with Gasteiger partial charge in [-0.05, 0) is 45.0 Å². The molecule has 3 rings (SSSR count). The van der Waals surface area contributed by atoms with Gasteiger partial charge in [0.1, 0.15) is 11.6 Å². The van der Waals surface area contributed by atoms with Crippen LogP contribution in [0.2, 0.25) is 5.02 Å². The summed E-state index contributed by atoms with van der Waals surface area (Å²) in [6, 6.07) is 7.66. The first-order valence-electron chi connectivity index (χ1n) is 7.26. The molecule has 0 fully saturated rings. The lowest BCUT2D eigenvalue weighted by Gasteiger charge is -2.07. The zero-order chi connectivity index (χ0) is 17.4. The Morgan fingerprint density at radius 3 is 2.62 bits per heavy atom. The topological polar surface area (TPSA) is 60.1 Å². The third-order valence-electron chi connectivity index (χ3n) is 3.70. The van der Waals surface area contributed by atoms with Crippen molar-refractivity contribution in [2.45, 2.75) is 20.8 Å². The molecule has 1 aromatic carbocycles. The first-order chi connectivity index (χ1) is 11.4. The predicted octanol–water partition coefficient (Wildman–Crippen LogP) is 4.44. The van der Waals surface area contributed by atoms with E-state index in [9.17, 15) is 9.18 Å². The predicted molar refractivity (Wildman–Crippen MR) is 89.4 cm³/mol. The Kier molecular flexibility index (Phi) is 4.15. The van der Waals surface area contributed by atoms with Gasteiger partial charge in [0, 0.05) is 23.1 Å². The smallest absolute Gasteiger partial charge is 0.257 e. The van der Waals surface area contributed by atoms with Crippen LogP contribution in [0.5, 0.6) is 0 Å². The summed E-state index contributed by atoms with van der Waals surface area (Å²) in [6.07, 6.45) is 0. The highest BCUT2D eigenvalue weighted by Crippen LogP contribution is 2.23. The van der Waals surface area contributed by atoms with Crippen molar-refractivity contribution in [2.24, 2.45) is 0 Å². The minimum Gasteiger partial charge on any atom is -0.360 e. The van der Waals surface area contributed by atoms with Gasteiger partial charge in [-0.2, -0.15) is 0 Å². The van der Waals surface area contributed by atoms with Gasteiger partial charge in [0.2, 0.25) is 0 Å². The van der Waals surface area contributed by atoms with Gasteiger partial charge in [-0.15, -0.1) is 0 Å². The normalized spacial score (nSPS) is 10.9. The molecule has 124 valence electrons.